The summed E-state index contributed by atoms with van der Waals surface area (Å²) in [7, 11) is 0. The summed E-state index contributed by atoms with van der Waals surface area (Å²) in [5.41, 5.74) is 2.27. The van der Waals surface area contributed by atoms with Gasteiger partial charge in [0.05, 0.1) is 10.2 Å². The number of benzene rings is 2. The molecule has 2 rings (SSSR count). The first-order valence-corrected chi connectivity index (χ1v) is 8.31. The van der Waals surface area contributed by atoms with Crippen LogP contribution in [0.1, 0.15) is 21.3 Å². The van der Waals surface area contributed by atoms with E-state index in [0.29, 0.717) is 0 Å². The zero-order valence-corrected chi connectivity index (χ0v) is 14.8. The fraction of sp³-hybridized carbons (Fsp3) is 0.143. The molecule has 0 saturated carbocycles. The van der Waals surface area contributed by atoms with Crippen LogP contribution in [0.25, 0.3) is 0 Å². The molecule has 0 heterocycles. The molecule has 0 aliphatic carbocycles. The summed E-state index contributed by atoms with van der Waals surface area (Å²) in [5, 5.41) is -0.0979. The lowest BCUT2D eigenvalue weighted by Gasteiger charge is -2.17. The van der Waals surface area contributed by atoms with Crippen molar-refractivity contribution in [1.29, 1.82) is 0 Å². The largest absolute Gasteiger partial charge is 0.116 e. The van der Waals surface area contributed by atoms with Crippen LogP contribution in [0.15, 0.2) is 57.5 Å². The topological polar surface area (TPSA) is 0 Å². The van der Waals surface area contributed by atoms with Gasteiger partial charge in [-0.3, -0.25) is 0 Å². The van der Waals surface area contributed by atoms with E-state index in [4.69, 9.17) is 11.6 Å². The van der Waals surface area contributed by atoms with Crippen molar-refractivity contribution < 1.29 is 0 Å². The zero-order valence-electron chi connectivity index (χ0n) is 9.29. The molecule has 18 heavy (non-hydrogen) atoms. The van der Waals surface area contributed by atoms with Crippen molar-refractivity contribution in [2.75, 3.05) is 0 Å². The minimum atomic E-state index is -0.0979. The first-order chi connectivity index (χ1) is 8.58. The minimum absolute atomic E-state index is 0.0912. The lowest BCUT2D eigenvalue weighted by Crippen LogP contribution is -1.99. The molecule has 0 radical (unpaired) electrons. The second-order valence-electron chi connectivity index (χ2n) is 3.91. The molecule has 0 aromatic heterocycles. The van der Waals surface area contributed by atoms with E-state index in [1.165, 1.54) is 5.56 Å². The fourth-order valence-electron chi connectivity index (χ4n) is 1.63. The summed E-state index contributed by atoms with van der Waals surface area (Å²) >= 11 is 17.0. The van der Waals surface area contributed by atoms with Crippen molar-refractivity contribution in [3.8, 4) is 0 Å². The van der Waals surface area contributed by atoms with Gasteiger partial charge in [0, 0.05) is 8.95 Å². The van der Waals surface area contributed by atoms with Gasteiger partial charge >= 0.3 is 0 Å². The van der Waals surface area contributed by atoms with Crippen LogP contribution in [0.4, 0.5) is 0 Å². The highest BCUT2D eigenvalue weighted by atomic mass is 79.9. The molecule has 0 bridgehead atoms. The van der Waals surface area contributed by atoms with Crippen molar-refractivity contribution in [1.82, 2.24) is 0 Å². The lowest BCUT2D eigenvalue weighted by molar-refractivity contribution is 0.909. The molecule has 0 unspecified atom stereocenters. The van der Waals surface area contributed by atoms with Gasteiger partial charge in [0.25, 0.3) is 0 Å². The molecule has 0 amide bonds. The van der Waals surface area contributed by atoms with Gasteiger partial charge in [0.15, 0.2) is 0 Å². The molecule has 0 fully saturated rings. The zero-order chi connectivity index (χ0) is 13.1. The van der Waals surface area contributed by atoms with E-state index in [2.05, 4.69) is 59.9 Å². The molecule has 4 heteroatoms. The summed E-state index contributed by atoms with van der Waals surface area (Å²) in [6.07, 6.45) is 0. The van der Waals surface area contributed by atoms with E-state index >= 15 is 0 Å². The molecule has 0 saturated heterocycles. The maximum absolute atomic E-state index is 6.51. The average Bonchev–Trinajstić information content (AvgIpc) is 2.39. The molecule has 2 aromatic carbocycles. The number of halogens is 4. The molecule has 0 aliphatic heterocycles. The molecule has 0 spiro atoms. The van der Waals surface area contributed by atoms with E-state index in [1.807, 2.05) is 36.4 Å². The second-order valence-corrected chi connectivity index (χ2v) is 7.19. The maximum Gasteiger partial charge on any atom is 0.0751 e. The smallest absolute Gasteiger partial charge is 0.0751 e. The third kappa shape index (κ3) is 3.60. The summed E-state index contributed by atoms with van der Waals surface area (Å²) < 4.78 is 2.13. The van der Waals surface area contributed by atoms with Crippen molar-refractivity contribution in [2.45, 2.75) is 10.2 Å². The Balaban J connectivity index is 2.20. The van der Waals surface area contributed by atoms with Crippen LogP contribution in [-0.4, -0.2) is 0 Å². The normalized spacial score (nSPS) is 14.2. The Morgan fingerprint density at radius 1 is 0.722 bits per heavy atom. The summed E-state index contributed by atoms with van der Waals surface area (Å²) in [6.45, 7) is 0. The van der Waals surface area contributed by atoms with E-state index in [-0.39, 0.29) is 10.2 Å². The standard InChI is InChI=1S/C14H10Br3Cl/c15-11-5-1-9(2-6-11)13(17)14(18)10-3-7-12(16)8-4-10/h1-8,13-14H/t13-,14-/m1/s1. The number of hydrogen-bond acceptors (Lipinski definition) is 0. The molecule has 0 nitrogen and oxygen atoms in total. The van der Waals surface area contributed by atoms with Gasteiger partial charge < -0.3 is 0 Å². The van der Waals surface area contributed by atoms with Gasteiger partial charge in [0.1, 0.15) is 0 Å². The summed E-state index contributed by atoms with van der Waals surface area (Å²) in [5.74, 6) is 0. The first-order valence-electron chi connectivity index (χ1n) is 5.37. The fourth-order valence-corrected chi connectivity index (χ4v) is 3.06. The molecule has 0 N–H and O–H groups in total. The van der Waals surface area contributed by atoms with Crippen molar-refractivity contribution in [2.24, 2.45) is 0 Å². The van der Waals surface area contributed by atoms with Crippen LogP contribution < -0.4 is 0 Å². The average molecular weight is 453 g/mol. The highest BCUT2D eigenvalue weighted by molar-refractivity contribution is 9.10. The Morgan fingerprint density at radius 3 is 1.56 bits per heavy atom. The van der Waals surface area contributed by atoms with E-state index in [9.17, 15) is 0 Å². The van der Waals surface area contributed by atoms with Crippen LogP contribution in [-0.2, 0) is 0 Å². The first kappa shape index (κ1) is 14.6. The van der Waals surface area contributed by atoms with E-state index in [0.717, 1.165) is 14.5 Å². The van der Waals surface area contributed by atoms with Gasteiger partial charge in [-0.1, -0.05) is 72.1 Å². The molecular weight excluding hydrogens is 443 g/mol. The van der Waals surface area contributed by atoms with E-state index in [1.54, 1.807) is 0 Å². The number of rotatable bonds is 3. The SMILES string of the molecule is Cl[C@H](c1ccc(Br)cc1)[C@H](Br)c1ccc(Br)cc1. The van der Waals surface area contributed by atoms with Crippen molar-refractivity contribution in [3.05, 3.63) is 68.6 Å². The van der Waals surface area contributed by atoms with Gasteiger partial charge in [-0.05, 0) is 35.4 Å². The van der Waals surface area contributed by atoms with Gasteiger partial charge in [-0.15, -0.1) is 11.6 Å². The van der Waals surface area contributed by atoms with Crippen LogP contribution in [0.2, 0.25) is 0 Å². The molecule has 2 aromatic rings. The quantitative estimate of drug-likeness (QED) is 0.458. The number of hydrogen-bond donors (Lipinski definition) is 0. The van der Waals surface area contributed by atoms with Crippen molar-refractivity contribution >= 4 is 59.4 Å². The Hall–Kier alpha value is 0.170. The third-order valence-corrected chi connectivity index (χ3v) is 5.56. The summed E-state index contributed by atoms with van der Waals surface area (Å²) in [6, 6.07) is 16.3. The Labute approximate surface area is 137 Å². The van der Waals surface area contributed by atoms with Gasteiger partial charge in [0.2, 0.25) is 0 Å². The maximum atomic E-state index is 6.51. The lowest BCUT2D eigenvalue weighted by atomic mass is 10.0. The Kier molecular flexibility index (Phi) is 5.31. The summed E-state index contributed by atoms with van der Waals surface area (Å²) in [4.78, 5) is 0.0912. The third-order valence-electron chi connectivity index (χ3n) is 2.63. The second kappa shape index (κ2) is 6.56. The molecular formula is C14H10Br3Cl. The predicted octanol–water partition coefficient (Wildman–Crippen LogP) is 6.63. The van der Waals surface area contributed by atoms with E-state index < -0.39 is 0 Å². The highest BCUT2D eigenvalue weighted by Gasteiger charge is 2.19. The monoisotopic (exact) mass is 450 g/mol. The molecule has 94 valence electrons. The molecule has 2 atom stereocenters. The Morgan fingerprint density at radius 2 is 1.11 bits per heavy atom. The van der Waals surface area contributed by atoms with Crippen LogP contribution in [0, 0.1) is 0 Å². The van der Waals surface area contributed by atoms with Gasteiger partial charge in [-0.25, -0.2) is 0 Å². The number of alkyl halides is 2. The Bertz CT molecular complexity index is 458. The van der Waals surface area contributed by atoms with Gasteiger partial charge in [-0.2, -0.15) is 0 Å². The van der Waals surface area contributed by atoms with Crippen LogP contribution in [0.5, 0.6) is 0 Å². The molecule has 0 aliphatic rings. The minimum Gasteiger partial charge on any atom is -0.116 e. The van der Waals surface area contributed by atoms with Crippen LogP contribution in [0.3, 0.4) is 0 Å². The van der Waals surface area contributed by atoms with Crippen LogP contribution >= 0.6 is 59.4 Å². The highest BCUT2D eigenvalue weighted by Crippen LogP contribution is 2.41. The van der Waals surface area contributed by atoms with Crippen molar-refractivity contribution in [3.63, 3.8) is 0 Å². The predicted molar refractivity (Wildman–Crippen MR) is 88.5 cm³/mol.